The van der Waals surface area contributed by atoms with Gasteiger partial charge < -0.3 is 14.4 Å². The first kappa shape index (κ1) is 23.6. The van der Waals surface area contributed by atoms with Crippen LogP contribution in [0.5, 0.6) is 0 Å². The second kappa shape index (κ2) is 10.2. The van der Waals surface area contributed by atoms with Gasteiger partial charge in [0.1, 0.15) is 5.56 Å². The van der Waals surface area contributed by atoms with Crippen LogP contribution >= 0.6 is 0 Å². The second-order valence-corrected chi connectivity index (χ2v) is 5.63. The van der Waals surface area contributed by atoms with Gasteiger partial charge in [-0.05, 0) is 26.3 Å². The van der Waals surface area contributed by atoms with Gasteiger partial charge >= 0.3 is 11.9 Å². The summed E-state index contributed by atoms with van der Waals surface area (Å²) < 4.78 is 50.7. The Kier molecular flexibility index (Phi) is 8.57. The Balaban J connectivity index is 3.68. The number of nitro benzene ring substituents is 2. The van der Waals surface area contributed by atoms with Gasteiger partial charge in [0.2, 0.25) is 0 Å². The third kappa shape index (κ3) is 5.76. The Morgan fingerprint density at radius 1 is 1.07 bits per heavy atom. The van der Waals surface area contributed by atoms with E-state index < -0.39 is 44.9 Å². The zero-order valence-electron chi connectivity index (χ0n) is 15.7. The molecule has 0 N–H and O–H groups in total. The average Bonchev–Trinajstić information content (AvgIpc) is 2.59. The van der Waals surface area contributed by atoms with Gasteiger partial charge in [-0.3, -0.25) is 20.2 Å². The number of ether oxygens (including phenoxy) is 2. The number of rotatable bonds is 11. The summed E-state index contributed by atoms with van der Waals surface area (Å²) in [5.41, 5.74) is -4.42. The maximum Gasteiger partial charge on any atom is 0.423 e. The highest BCUT2D eigenvalue weighted by Gasteiger charge is 2.44. The number of halogens is 3. The van der Waals surface area contributed by atoms with Crippen LogP contribution in [0.3, 0.4) is 0 Å². The lowest BCUT2D eigenvalue weighted by Crippen LogP contribution is -2.37. The molecular weight excluding hydrogens is 387 g/mol. The predicted octanol–water partition coefficient (Wildman–Crippen LogP) is 4.14. The van der Waals surface area contributed by atoms with E-state index in [1.54, 1.807) is 20.8 Å². The van der Waals surface area contributed by atoms with Gasteiger partial charge in [0.05, 0.1) is 16.4 Å². The standard InChI is InChI=1S/C16H22F3N3O6/c1-4-9-20(10-13(27-5-2)28-6-3)15-12(21(23)24)8-7-11(16(17,18)19)14(15)22(25)26/h7-8,13H,4-6,9-10H2,1-3H3. The summed E-state index contributed by atoms with van der Waals surface area (Å²) in [4.78, 5) is 21.9. The zero-order chi connectivity index (χ0) is 21.5. The van der Waals surface area contributed by atoms with Crippen molar-refractivity contribution in [3.8, 4) is 0 Å². The molecule has 12 heteroatoms. The quantitative estimate of drug-likeness (QED) is 0.307. The fourth-order valence-corrected chi connectivity index (χ4v) is 2.71. The lowest BCUT2D eigenvalue weighted by Gasteiger charge is -2.28. The third-order valence-corrected chi connectivity index (χ3v) is 3.70. The highest BCUT2D eigenvalue weighted by molar-refractivity contribution is 5.78. The molecule has 0 heterocycles. The molecule has 0 aromatic heterocycles. The molecule has 0 saturated carbocycles. The van der Waals surface area contributed by atoms with Crippen molar-refractivity contribution in [2.75, 3.05) is 31.2 Å². The second-order valence-electron chi connectivity index (χ2n) is 5.63. The molecular formula is C16H22F3N3O6. The fraction of sp³-hybridized carbons (Fsp3) is 0.625. The first-order chi connectivity index (χ1) is 13.1. The molecule has 0 amide bonds. The van der Waals surface area contributed by atoms with Gasteiger partial charge in [-0.25, -0.2) is 0 Å². The Hall–Kier alpha value is -2.47. The Labute approximate surface area is 159 Å². The highest BCUT2D eigenvalue weighted by atomic mass is 19.4. The normalized spacial score (nSPS) is 11.7. The largest absolute Gasteiger partial charge is 0.423 e. The van der Waals surface area contributed by atoms with Crippen LogP contribution in [0.1, 0.15) is 32.8 Å². The van der Waals surface area contributed by atoms with Crippen LogP contribution in [-0.2, 0) is 15.7 Å². The summed E-state index contributed by atoms with van der Waals surface area (Å²) >= 11 is 0. The monoisotopic (exact) mass is 409 g/mol. The van der Waals surface area contributed by atoms with Crippen LogP contribution in [0.15, 0.2) is 12.1 Å². The van der Waals surface area contributed by atoms with Crippen LogP contribution in [0.2, 0.25) is 0 Å². The van der Waals surface area contributed by atoms with Crippen LogP contribution in [-0.4, -0.2) is 42.4 Å². The van der Waals surface area contributed by atoms with Gasteiger partial charge in [0, 0.05) is 25.8 Å². The number of benzene rings is 1. The predicted molar refractivity (Wildman–Crippen MR) is 94.3 cm³/mol. The summed E-state index contributed by atoms with van der Waals surface area (Å²) in [5.74, 6) is 0. The topological polar surface area (TPSA) is 108 Å². The maximum absolute atomic E-state index is 13.3. The van der Waals surface area contributed by atoms with Crippen molar-refractivity contribution >= 4 is 17.1 Å². The average molecular weight is 409 g/mol. The minimum absolute atomic E-state index is 0.0274. The maximum atomic E-state index is 13.3. The Morgan fingerprint density at radius 3 is 2.04 bits per heavy atom. The van der Waals surface area contributed by atoms with E-state index in [4.69, 9.17) is 9.47 Å². The first-order valence-corrected chi connectivity index (χ1v) is 8.59. The number of alkyl halides is 3. The Bertz CT molecular complexity index is 693. The summed E-state index contributed by atoms with van der Waals surface area (Å²) in [6.45, 7) is 5.29. The molecule has 0 fully saturated rings. The van der Waals surface area contributed by atoms with E-state index in [0.717, 1.165) is 4.90 Å². The lowest BCUT2D eigenvalue weighted by atomic mass is 10.1. The van der Waals surface area contributed by atoms with E-state index in [0.29, 0.717) is 18.6 Å². The minimum Gasteiger partial charge on any atom is -0.355 e. The number of hydrogen-bond acceptors (Lipinski definition) is 7. The van der Waals surface area contributed by atoms with Gasteiger partial charge in [-0.15, -0.1) is 0 Å². The van der Waals surface area contributed by atoms with Gasteiger partial charge in [-0.2, -0.15) is 13.2 Å². The zero-order valence-corrected chi connectivity index (χ0v) is 15.7. The van der Waals surface area contributed by atoms with E-state index in [1.807, 2.05) is 0 Å². The highest BCUT2D eigenvalue weighted by Crippen LogP contribution is 2.46. The van der Waals surface area contributed by atoms with Gasteiger partial charge in [-0.1, -0.05) is 6.92 Å². The molecule has 0 unspecified atom stereocenters. The lowest BCUT2D eigenvalue weighted by molar-refractivity contribution is -0.394. The molecule has 1 aromatic carbocycles. The fourth-order valence-electron chi connectivity index (χ4n) is 2.71. The number of nitro groups is 2. The van der Waals surface area contributed by atoms with E-state index >= 15 is 0 Å². The number of anilines is 1. The van der Waals surface area contributed by atoms with Gasteiger partial charge in [0.15, 0.2) is 12.0 Å². The third-order valence-electron chi connectivity index (χ3n) is 3.70. The molecule has 0 bridgehead atoms. The van der Waals surface area contributed by atoms with Crippen molar-refractivity contribution < 1.29 is 32.5 Å². The van der Waals surface area contributed by atoms with Crippen LogP contribution < -0.4 is 4.90 Å². The summed E-state index contributed by atoms with van der Waals surface area (Å²) in [7, 11) is 0. The van der Waals surface area contributed by atoms with Crippen molar-refractivity contribution in [3.63, 3.8) is 0 Å². The van der Waals surface area contributed by atoms with Crippen LogP contribution in [0.25, 0.3) is 0 Å². The summed E-state index contributed by atoms with van der Waals surface area (Å²) in [5, 5.41) is 22.9. The molecule has 0 spiro atoms. The molecule has 28 heavy (non-hydrogen) atoms. The van der Waals surface area contributed by atoms with Crippen molar-refractivity contribution in [1.82, 2.24) is 0 Å². The summed E-state index contributed by atoms with van der Waals surface area (Å²) in [6, 6.07) is 0.983. The minimum atomic E-state index is -5.05. The molecule has 1 rings (SSSR count). The van der Waals surface area contributed by atoms with E-state index in [1.165, 1.54) is 0 Å². The van der Waals surface area contributed by atoms with Crippen LogP contribution in [0, 0.1) is 20.2 Å². The molecule has 0 saturated heterocycles. The SMILES string of the molecule is CCCN(CC(OCC)OCC)c1c([N+](=O)[O-])ccc(C(F)(F)F)c1[N+](=O)[O-]. The molecule has 1 aromatic rings. The molecule has 0 aliphatic carbocycles. The first-order valence-electron chi connectivity index (χ1n) is 8.59. The van der Waals surface area contributed by atoms with Gasteiger partial charge in [0.25, 0.3) is 5.69 Å². The number of hydrogen-bond donors (Lipinski definition) is 0. The smallest absolute Gasteiger partial charge is 0.355 e. The van der Waals surface area contributed by atoms with Crippen molar-refractivity contribution in [2.24, 2.45) is 0 Å². The molecule has 0 aliphatic rings. The number of nitrogens with zero attached hydrogens (tertiary/aromatic N) is 3. The summed E-state index contributed by atoms with van der Waals surface area (Å²) in [6.07, 6.45) is -5.60. The van der Waals surface area contributed by atoms with Crippen molar-refractivity contribution in [2.45, 2.75) is 39.7 Å². The van der Waals surface area contributed by atoms with Crippen LogP contribution in [0.4, 0.5) is 30.2 Å². The molecule has 158 valence electrons. The molecule has 0 atom stereocenters. The van der Waals surface area contributed by atoms with Crippen molar-refractivity contribution in [3.05, 3.63) is 37.9 Å². The molecule has 9 nitrogen and oxygen atoms in total. The van der Waals surface area contributed by atoms with E-state index in [2.05, 4.69) is 0 Å². The van der Waals surface area contributed by atoms with E-state index in [-0.39, 0.29) is 26.3 Å². The van der Waals surface area contributed by atoms with E-state index in [9.17, 15) is 33.4 Å². The molecule has 0 radical (unpaired) electrons. The van der Waals surface area contributed by atoms with Crippen molar-refractivity contribution in [1.29, 1.82) is 0 Å². The Morgan fingerprint density at radius 2 is 1.64 bits per heavy atom. The molecule has 0 aliphatic heterocycles.